The Morgan fingerprint density at radius 1 is 1.08 bits per heavy atom. The van der Waals surface area contributed by atoms with Crippen LogP contribution in [0.3, 0.4) is 0 Å². The summed E-state index contributed by atoms with van der Waals surface area (Å²) in [6.45, 7) is 7.27. The molecule has 39 heavy (non-hydrogen) atoms. The molecule has 4 rings (SSSR count). The van der Waals surface area contributed by atoms with E-state index in [9.17, 15) is 27.6 Å². The van der Waals surface area contributed by atoms with Gasteiger partial charge in [0.2, 0.25) is 5.91 Å². The van der Waals surface area contributed by atoms with E-state index < -0.39 is 35.3 Å². The number of alkyl halides is 3. The van der Waals surface area contributed by atoms with Gasteiger partial charge in [0.25, 0.3) is 11.1 Å². The Bertz CT molecular complexity index is 1520. The Morgan fingerprint density at radius 3 is 2.46 bits per heavy atom. The van der Waals surface area contributed by atoms with E-state index in [0.29, 0.717) is 11.8 Å². The van der Waals surface area contributed by atoms with Crippen molar-refractivity contribution < 1.29 is 32.3 Å². The van der Waals surface area contributed by atoms with E-state index in [-0.39, 0.29) is 16.3 Å². The number of aromatic nitrogens is 1. The lowest BCUT2D eigenvalue weighted by Crippen LogP contribution is -2.36. The van der Waals surface area contributed by atoms with Crippen LogP contribution in [0.2, 0.25) is 0 Å². The predicted octanol–water partition coefficient (Wildman–Crippen LogP) is 6.41. The third-order valence-electron chi connectivity index (χ3n) is 6.55. The zero-order valence-corrected chi connectivity index (χ0v) is 22.7. The highest BCUT2D eigenvalue weighted by Crippen LogP contribution is 2.36. The van der Waals surface area contributed by atoms with Crippen molar-refractivity contribution in [2.45, 2.75) is 33.9 Å². The van der Waals surface area contributed by atoms with Gasteiger partial charge in [-0.2, -0.15) is 13.2 Å². The first kappa shape index (κ1) is 28.0. The number of amides is 3. The second kappa shape index (κ2) is 10.6. The largest absolute Gasteiger partial charge is 0.495 e. The third-order valence-corrected chi connectivity index (χ3v) is 7.46. The van der Waals surface area contributed by atoms with Crippen LogP contribution >= 0.6 is 11.8 Å². The molecule has 204 valence electrons. The molecule has 1 aliphatic rings. The summed E-state index contributed by atoms with van der Waals surface area (Å²) in [5.41, 5.74) is 4.64. The van der Waals surface area contributed by atoms with Crippen molar-refractivity contribution in [2.75, 3.05) is 19.0 Å². The van der Waals surface area contributed by atoms with Crippen molar-refractivity contribution in [3.05, 3.63) is 81.0 Å². The monoisotopic (exact) mass is 557 g/mol. The number of ether oxygens (including phenoxy) is 1. The summed E-state index contributed by atoms with van der Waals surface area (Å²) >= 11 is 0.699. The molecule has 0 radical (unpaired) electrons. The number of methoxy groups -OCH3 is 1. The maximum atomic E-state index is 13.1. The highest BCUT2D eigenvalue weighted by atomic mass is 32.2. The first-order valence-electron chi connectivity index (χ1n) is 11.9. The number of carbonyl (C=O) groups excluding carboxylic acids is 3. The lowest BCUT2D eigenvalue weighted by molar-refractivity contribution is -0.137. The van der Waals surface area contributed by atoms with Crippen LogP contribution in [0.5, 0.6) is 5.75 Å². The van der Waals surface area contributed by atoms with Gasteiger partial charge in [0.15, 0.2) is 0 Å². The van der Waals surface area contributed by atoms with Gasteiger partial charge >= 0.3 is 6.18 Å². The van der Waals surface area contributed by atoms with Crippen LogP contribution in [0.15, 0.2) is 47.4 Å². The zero-order chi connectivity index (χ0) is 28.6. The number of carbonyl (C=O) groups is 3. The van der Waals surface area contributed by atoms with Crippen molar-refractivity contribution in [3.63, 3.8) is 0 Å². The van der Waals surface area contributed by atoms with Gasteiger partial charge in [0, 0.05) is 17.1 Å². The van der Waals surface area contributed by atoms with Gasteiger partial charge in [-0.05, 0) is 92.6 Å². The van der Waals surface area contributed by atoms with Gasteiger partial charge in [0.1, 0.15) is 12.3 Å². The van der Waals surface area contributed by atoms with E-state index in [2.05, 4.69) is 9.88 Å². The molecule has 0 saturated carbocycles. The van der Waals surface area contributed by atoms with Crippen LogP contribution in [0.1, 0.15) is 33.6 Å². The Labute approximate surface area is 227 Å². The van der Waals surface area contributed by atoms with Gasteiger partial charge in [-0.3, -0.25) is 19.3 Å². The number of hydrogen-bond donors (Lipinski definition) is 1. The Balaban J connectivity index is 1.55. The maximum absolute atomic E-state index is 13.1. The molecule has 11 heteroatoms. The summed E-state index contributed by atoms with van der Waals surface area (Å²) in [5, 5.41) is 1.66. The van der Waals surface area contributed by atoms with E-state index in [1.54, 1.807) is 6.08 Å². The van der Waals surface area contributed by atoms with Crippen LogP contribution in [-0.4, -0.2) is 40.2 Å². The molecule has 3 aromatic rings. The quantitative estimate of drug-likeness (QED) is 0.354. The van der Waals surface area contributed by atoms with Gasteiger partial charge in [-0.25, -0.2) is 0 Å². The molecule has 2 heterocycles. The number of hydrogen-bond acceptors (Lipinski definition) is 5. The van der Waals surface area contributed by atoms with Crippen LogP contribution in [0.4, 0.5) is 23.7 Å². The van der Waals surface area contributed by atoms with E-state index in [1.807, 2.05) is 52.0 Å². The molecule has 0 unspecified atom stereocenters. The number of nitrogens with zero attached hydrogens (tertiary/aromatic N) is 2. The average molecular weight is 558 g/mol. The van der Waals surface area contributed by atoms with E-state index >= 15 is 0 Å². The van der Waals surface area contributed by atoms with Crippen molar-refractivity contribution in [1.29, 1.82) is 0 Å². The SMILES string of the molecule is COc1ccc(C(F)(F)F)cc1NC(=O)CN1C(=O)S/C(=C\c2cc(C)n(-c3cccc(C)c3C)c2C)C1=O. The summed E-state index contributed by atoms with van der Waals surface area (Å²) in [5.74, 6) is -1.50. The number of benzene rings is 2. The smallest absolute Gasteiger partial charge is 0.416 e. The molecule has 0 atom stereocenters. The molecule has 1 aliphatic heterocycles. The van der Waals surface area contributed by atoms with E-state index in [1.165, 1.54) is 7.11 Å². The highest BCUT2D eigenvalue weighted by molar-refractivity contribution is 8.18. The van der Waals surface area contributed by atoms with Gasteiger partial charge in [-0.1, -0.05) is 12.1 Å². The molecule has 3 amide bonds. The third kappa shape index (κ3) is 5.58. The predicted molar refractivity (Wildman–Crippen MR) is 144 cm³/mol. The van der Waals surface area contributed by atoms with Crippen LogP contribution in [0.25, 0.3) is 11.8 Å². The molecule has 1 saturated heterocycles. The van der Waals surface area contributed by atoms with Gasteiger partial charge < -0.3 is 14.6 Å². The maximum Gasteiger partial charge on any atom is 0.416 e. The normalized spacial score (nSPS) is 14.9. The lowest BCUT2D eigenvalue weighted by atomic mass is 10.1. The number of imide groups is 1. The molecule has 1 fully saturated rings. The van der Waals surface area contributed by atoms with Crippen molar-refractivity contribution in [3.8, 4) is 11.4 Å². The number of rotatable bonds is 6. The van der Waals surface area contributed by atoms with E-state index in [0.717, 1.165) is 56.9 Å². The molecule has 1 N–H and O–H groups in total. The standard InChI is InChI=1S/C28H26F3N3O4S/c1-15-7-6-8-22(17(15)3)34-16(2)11-19(18(34)4)12-24-26(36)33(27(37)39-24)14-25(35)32-21-13-20(28(29,30)31)9-10-23(21)38-5/h6-13H,14H2,1-5H3,(H,32,35)/b24-12-. The zero-order valence-electron chi connectivity index (χ0n) is 21.9. The lowest BCUT2D eigenvalue weighted by Gasteiger charge is -2.16. The summed E-state index contributed by atoms with van der Waals surface area (Å²) < 4.78 is 46.5. The molecule has 7 nitrogen and oxygen atoms in total. The van der Waals surface area contributed by atoms with Crippen LogP contribution in [0, 0.1) is 27.7 Å². The Kier molecular flexibility index (Phi) is 7.65. The molecule has 0 bridgehead atoms. The van der Waals surface area contributed by atoms with Gasteiger partial charge in [0.05, 0.1) is 23.3 Å². The minimum atomic E-state index is -4.63. The summed E-state index contributed by atoms with van der Waals surface area (Å²) in [6, 6.07) is 10.6. The topological polar surface area (TPSA) is 80.6 Å². The molecular weight excluding hydrogens is 531 g/mol. The molecule has 0 aliphatic carbocycles. The molecule has 1 aromatic heterocycles. The molecule has 2 aromatic carbocycles. The summed E-state index contributed by atoms with van der Waals surface area (Å²) in [7, 11) is 1.25. The fourth-order valence-corrected chi connectivity index (χ4v) is 5.20. The number of thioether (sulfide) groups is 1. The molecular formula is C28H26F3N3O4S. The summed E-state index contributed by atoms with van der Waals surface area (Å²) in [6.07, 6.45) is -3.01. The van der Waals surface area contributed by atoms with Crippen LogP contribution in [-0.2, 0) is 15.8 Å². The van der Waals surface area contributed by atoms with Crippen LogP contribution < -0.4 is 10.1 Å². The van der Waals surface area contributed by atoms with Crippen molar-refractivity contribution in [2.24, 2.45) is 0 Å². The first-order valence-corrected chi connectivity index (χ1v) is 12.7. The van der Waals surface area contributed by atoms with Gasteiger partial charge in [-0.15, -0.1) is 0 Å². The Hall–Kier alpha value is -3.99. The number of aryl methyl sites for hydroxylation is 2. The average Bonchev–Trinajstić information content (AvgIpc) is 3.29. The summed E-state index contributed by atoms with van der Waals surface area (Å²) in [4.78, 5) is 39.2. The first-order chi connectivity index (χ1) is 18.3. The second-order valence-corrected chi connectivity index (χ2v) is 10.1. The Morgan fingerprint density at radius 2 is 1.79 bits per heavy atom. The second-order valence-electron chi connectivity index (χ2n) is 9.11. The molecule has 0 spiro atoms. The van der Waals surface area contributed by atoms with Crippen molar-refractivity contribution >= 4 is 40.6 Å². The number of anilines is 1. The minimum Gasteiger partial charge on any atom is -0.495 e. The van der Waals surface area contributed by atoms with E-state index in [4.69, 9.17) is 4.74 Å². The highest BCUT2D eigenvalue weighted by Gasteiger charge is 2.37. The number of halogens is 3. The fourth-order valence-electron chi connectivity index (χ4n) is 4.38. The minimum absolute atomic E-state index is 0.00425. The fraction of sp³-hybridized carbons (Fsp3) is 0.250. The number of nitrogens with one attached hydrogen (secondary N) is 1. The van der Waals surface area contributed by atoms with Crippen molar-refractivity contribution in [1.82, 2.24) is 9.47 Å².